The number of nitrogens with two attached hydrogens (primary N) is 2. The summed E-state index contributed by atoms with van der Waals surface area (Å²) in [4.78, 5) is 53.9. The van der Waals surface area contributed by atoms with Gasteiger partial charge in [-0.25, -0.2) is 4.79 Å². The molecule has 0 radical (unpaired) electrons. The van der Waals surface area contributed by atoms with Crippen LogP contribution in [0.2, 0.25) is 0 Å². The van der Waals surface area contributed by atoms with Crippen LogP contribution in [0, 0.1) is 5.92 Å². The fraction of sp³-hybridized carbons (Fsp3) is 0.556. The number of amides is 3. The number of carbonyl (C=O) groups excluding carboxylic acids is 3. The summed E-state index contributed by atoms with van der Waals surface area (Å²) in [6.45, 7) is 5.52. The van der Waals surface area contributed by atoms with Crippen molar-refractivity contribution in [3.05, 3.63) is 36.0 Å². The maximum atomic E-state index is 13.2. The first kappa shape index (κ1) is 31.7. The van der Waals surface area contributed by atoms with Gasteiger partial charge in [0.1, 0.15) is 18.1 Å². The van der Waals surface area contributed by atoms with E-state index in [0.717, 1.165) is 16.5 Å². The number of para-hydroxylation sites is 1. The van der Waals surface area contributed by atoms with Gasteiger partial charge in [-0.15, -0.1) is 0 Å². The number of aliphatic hydroxyl groups excluding tert-OH is 1. The van der Waals surface area contributed by atoms with Gasteiger partial charge in [0.15, 0.2) is 0 Å². The van der Waals surface area contributed by atoms with Gasteiger partial charge < -0.3 is 42.6 Å². The van der Waals surface area contributed by atoms with Crippen molar-refractivity contribution in [2.24, 2.45) is 17.4 Å². The van der Waals surface area contributed by atoms with E-state index in [2.05, 4.69) is 20.9 Å². The number of aromatic amines is 1. The normalized spacial score (nSPS) is 15.3. The molecule has 1 heterocycles. The molecule has 1 aromatic heterocycles. The van der Waals surface area contributed by atoms with Gasteiger partial charge in [0.05, 0.1) is 12.1 Å². The van der Waals surface area contributed by atoms with Crippen LogP contribution in [0.1, 0.15) is 52.0 Å². The zero-order valence-electron chi connectivity index (χ0n) is 22.8. The van der Waals surface area contributed by atoms with Crippen LogP contribution >= 0.6 is 0 Å². The number of aliphatic hydroxyl groups is 1. The van der Waals surface area contributed by atoms with Gasteiger partial charge in [0, 0.05) is 23.5 Å². The van der Waals surface area contributed by atoms with Crippen molar-refractivity contribution in [3.8, 4) is 0 Å². The lowest BCUT2D eigenvalue weighted by atomic mass is 10.0. The molecule has 2 rings (SSSR count). The lowest BCUT2D eigenvalue weighted by Gasteiger charge is -2.26. The molecule has 39 heavy (non-hydrogen) atoms. The molecule has 2 aromatic rings. The highest BCUT2D eigenvalue weighted by atomic mass is 16.4. The van der Waals surface area contributed by atoms with Gasteiger partial charge in [0.2, 0.25) is 17.7 Å². The number of aliphatic carboxylic acids is 1. The molecule has 12 nitrogen and oxygen atoms in total. The van der Waals surface area contributed by atoms with Crippen LogP contribution in [-0.2, 0) is 25.6 Å². The molecule has 0 saturated carbocycles. The fourth-order valence-electron chi connectivity index (χ4n) is 4.30. The first-order valence-electron chi connectivity index (χ1n) is 13.3. The fourth-order valence-corrected chi connectivity index (χ4v) is 4.30. The number of aromatic nitrogens is 1. The van der Waals surface area contributed by atoms with Gasteiger partial charge in [-0.2, -0.15) is 0 Å². The molecule has 5 unspecified atom stereocenters. The lowest BCUT2D eigenvalue weighted by molar-refractivity contribution is -0.142. The Balaban J connectivity index is 2.16. The zero-order chi connectivity index (χ0) is 29.1. The van der Waals surface area contributed by atoms with Crippen LogP contribution in [-0.4, -0.2) is 75.7 Å². The Morgan fingerprint density at radius 1 is 0.949 bits per heavy atom. The average Bonchev–Trinajstić information content (AvgIpc) is 3.28. The molecule has 0 aliphatic rings. The summed E-state index contributed by atoms with van der Waals surface area (Å²) in [6, 6.07) is 2.81. The highest BCUT2D eigenvalue weighted by molar-refractivity contribution is 5.94. The number of fused-ring (bicyclic) bond motifs is 1. The van der Waals surface area contributed by atoms with E-state index >= 15 is 0 Å². The predicted molar refractivity (Wildman–Crippen MR) is 147 cm³/mol. The Morgan fingerprint density at radius 3 is 2.23 bits per heavy atom. The van der Waals surface area contributed by atoms with Gasteiger partial charge in [-0.3, -0.25) is 14.4 Å². The molecule has 216 valence electrons. The van der Waals surface area contributed by atoms with Crippen molar-refractivity contribution in [2.75, 3.05) is 6.54 Å². The van der Waals surface area contributed by atoms with E-state index in [0.29, 0.717) is 25.8 Å². The second kappa shape index (κ2) is 15.2. The third kappa shape index (κ3) is 9.65. The number of nitrogens with one attached hydrogen (secondary N) is 4. The van der Waals surface area contributed by atoms with Crippen LogP contribution in [0.4, 0.5) is 0 Å². The summed E-state index contributed by atoms with van der Waals surface area (Å²) in [5, 5.41) is 28.4. The average molecular weight is 547 g/mol. The monoisotopic (exact) mass is 546 g/mol. The van der Waals surface area contributed by atoms with Crippen molar-refractivity contribution < 1.29 is 29.4 Å². The minimum atomic E-state index is -1.36. The third-order valence-electron chi connectivity index (χ3n) is 6.42. The van der Waals surface area contributed by atoms with E-state index in [1.54, 1.807) is 6.20 Å². The minimum Gasteiger partial charge on any atom is -0.480 e. The Labute approximate surface area is 228 Å². The number of carboxylic acids is 1. The molecule has 0 spiro atoms. The number of carboxylic acid groups (broad SMARTS) is 1. The molecule has 0 saturated heterocycles. The largest absolute Gasteiger partial charge is 0.480 e. The molecule has 10 N–H and O–H groups in total. The molecule has 0 fully saturated rings. The maximum Gasteiger partial charge on any atom is 0.326 e. The van der Waals surface area contributed by atoms with Crippen LogP contribution in [0.25, 0.3) is 10.9 Å². The molecule has 1 aromatic carbocycles. The first-order chi connectivity index (χ1) is 18.4. The van der Waals surface area contributed by atoms with Gasteiger partial charge in [-0.05, 0) is 56.7 Å². The molecule has 5 atom stereocenters. The van der Waals surface area contributed by atoms with Crippen LogP contribution < -0.4 is 27.4 Å². The van der Waals surface area contributed by atoms with Crippen LogP contribution in [0.3, 0.4) is 0 Å². The SMILES string of the molecule is CC(C)CC(N)C(=O)NC(C(=O)NC(CCCCN)C(=O)NC(Cc1c[nH]c2ccccc12)C(=O)O)C(C)O. The number of H-pyrrole nitrogens is 1. The van der Waals surface area contributed by atoms with Crippen molar-refractivity contribution in [2.45, 2.75) is 83.1 Å². The van der Waals surface area contributed by atoms with E-state index in [-0.39, 0.29) is 18.8 Å². The summed E-state index contributed by atoms with van der Waals surface area (Å²) in [5.41, 5.74) is 13.1. The quantitative estimate of drug-likeness (QED) is 0.135. The van der Waals surface area contributed by atoms with Crippen LogP contribution in [0.15, 0.2) is 30.5 Å². The Bertz CT molecular complexity index is 1120. The van der Waals surface area contributed by atoms with Gasteiger partial charge in [-0.1, -0.05) is 32.0 Å². The first-order valence-corrected chi connectivity index (χ1v) is 13.3. The van der Waals surface area contributed by atoms with Crippen molar-refractivity contribution in [3.63, 3.8) is 0 Å². The standard InChI is InChI=1S/C27H42N6O6/c1-15(2)12-19(29)24(35)33-23(16(3)34)26(37)31-21(10-6-7-11-28)25(36)32-22(27(38)39)13-17-14-30-20-9-5-4-8-18(17)20/h4-5,8-9,14-16,19,21-23,30,34H,6-7,10-13,28-29H2,1-3H3,(H,31,37)(H,32,36)(H,33,35)(H,38,39). The van der Waals surface area contributed by atoms with Gasteiger partial charge in [0.25, 0.3) is 0 Å². The summed E-state index contributed by atoms with van der Waals surface area (Å²) < 4.78 is 0. The van der Waals surface area contributed by atoms with E-state index < -0.39 is 54.0 Å². The van der Waals surface area contributed by atoms with Crippen molar-refractivity contribution >= 4 is 34.6 Å². The molecule has 12 heteroatoms. The number of unbranched alkanes of at least 4 members (excludes halogenated alkanes) is 1. The molecule has 0 aliphatic carbocycles. The summed E-state index contributed by atoms with van der Waals surface area (Å²) in [7, 11) is 0. The smallest absolute Gasteiger partial charge is 0.326 e. The second-order valence-corrected chi connectivity index (χ2v) is 10.3. The molecule has 0 bridgehead atoms. The number of benzene rings is 1. The van der Waals surface area contributed by atoms with Gasteiger partial charge >= 0.3 is 5.97 Å². The number of hydrogen-bond acceptors (Lipinski definition) is 7. The number of hydrogen-bond donors (Lipinski definition) is 8. The lowest BCUT2D eigenvalue weighted by Crippen LogP contribution is -2.60. The van der Waals surface area contributed by atoms with E-state index in [1.165, 1.54) is 6.92 Å². The zero-order valence-corrected chi connectivity index (χ0v) is 22.8. The third-order valence-corrected chi connectivity index (χ3v) is 6.42. The van der Waals surface area contributed by atoms with Crippen molar-refractivity contribution in [1.29, 1.82) is 0 Å². The molecule has 3 amide bonds. The number of rotatable bonds is 16. The number of carbonyl (C=O) groups is 4. The Hall–Kier alpha value is -3.48. The second-order valence-electron chi connectivity index (χ2n) is 10.3. The van der Waals surface area contributed by atoms with Crippen molar-refractivity contribution in [1.82, 2.24) is 20.9 Å². The van der Waals surface area contributed by atoms with E-state index in [1.807, 2.05) is 38.1 Å². The maximum absolute atomic E-state index is 13.2. The highest BCUT2D eigenvalue weighted by Crippen LogP contribution is 2.19. The van der Waals surface area contributed by atoms with E-state index in [9.17, 15) is 29.4 Å². The topological polar surface area (TPSA) is 213 Å². The Morgan fingerprint density at radius 2 is 1.62 bits per heavy atom. The minimum absolute atomic E-state index is 0.0225. The summed E-state index contributed by atoms with van der Waals surface area (Å²) in [6.07, 6.45) is 2.08. The van der Waals surface area contributed by atoms with E-state index in [4.69, 9.17) is 11.5 Å². The Kier molecular flexibility index (Phi) is 12.4. The predicted octanol–water partition coefficient (Wildman–Crippen LogP) is 0.133. The highest BCUT2D eigenvalue weighted by Gasteiger charge is 2.32. The van der Waals surface area contributed by atoms with Crippen LogP contribution in [0.5, 0.6) is 0 Å². The molecular formula is C27H42N6O6. The molecular weight excluding hydrogens is 504 g/mol. The summed E-state index contributed by atoms with van der Waals surface area (Å²) in [5.74, 6) is -3.16. The summed E-state index contributed by atoms with van der Waals surface area (Å²) >= 11 is 0. The molecule has 0 aliphatic heterocycles.